The molecular weight excluding hydrogens is 635 g/mol. The van der Waals surface area contributed by atoms with E-state index in [2.05, 4.69) is 109 Å². The van der Waals surface area contributed by atoms with Crippen molar-refractivity contribution in [2.24, 2.45) is 0 Å². The van der Waals surface area contributed by atoms with Crippen LogP contribution in [0.15, 0.2) is 176 Å². The molecule has 0 radical (unpaired) electrons. The molecule has 52 heavy (non-hydrogen) atoms. The first-order chi connectivity index (χ1) is 25.7. The number of rotatable bonds is 4. The average molecular weight is 664 g/mol. The zero-order chi connectivity index (χ0) is 34.6. The van der Waals surface area contributed by atoms with Crippen LogP contribution in [-0.4, -0.2) is 9.97 Å². The average Bonchev–Trinajstić information content (AvgIpc) is 3.51. The highest BCUT2D eigenvalue weighted by Gasteiger charge is 2.51. The van der Waals surface area contributed by atoms with Crippen molar-refractivity contribution in [2.75, 3.05) is 0 Å². The van der Waals surface area contributed by atoms with Crippen LogP contribution < -0.4 is 4.74 Å². The predicted molar refractivity (Wildman–Crippen MR) is 206 cm³/mol. The number of benzene rings is 7. The van der Waals surface area contributed by atoms with Gasteiger partial charge in [0.2, 0.25) is 0 Å². The molecule has 1 aromatic heterocycles. The van der Waals surface area contributed by atoms with Gasteiger partial charge in [0, 0.05) is 27.8 Å². The van der Waals surface area contributed by atoms with E-state index in [9.17, 15) is 5.26 Å². The lowest BCUT2D eigenvalue weighted by molar-refractivity contribution is 0.437. The van der Waals surface area contributed by atoms with Crippen LogP contribution in [-0.2, 0) is 5.41 Å². The minimum atomic E-state index is -0.589. The molecule has 4 heteroatoms. The van der Waals surface area contributed by atoms with E-state index in [1.54, 1.807) is 0 Å². The third-order valence-corrected chi connectivity index (χ3v) is 10.4. The van der Waals surface area contributed by atoms with E-state index in [1.807, 2.05) is 72.8 Å². The molecule has 0 atom stereocenters. The molecule has 2 aliphatic rings. The van der Waals surface area contributed by atoms with Gasteiger partial charge in [-0.15, -0.1) is 0 Å². The van der Waals surface area contributed by atoms with E-state index in [4.69, 9.17) is 14.7 Å². The summed E-state index contributed by atoms with van der Waals surface area (Å²) in [4.78, 5) is 10.1. The van der Waals surface area contributed by atoms with Gasteiger partial charge in [0.1, 0.15) is 11.5 Å². The van der Waals surface area contributed by atoms with Crippen molar-refractivity contribution in [2.45, 2.75) is 5.41 Å². The molecule has 1 aliphatic heterocycles. The molecule has 0 bridgehead atoms. The molecule has 8 aromatic rings. The molecule has 0 unspecified atom stereocenters. The van der Waals surface area contributed by atoms with Crippen molar-refractivity contribution < 1.29 is 4.74 Å². The largest absolute Gasteiger partial charge is 0.457 e. The Morgan fingerprint density at radius 3 is 1.54 bits per heavy atom. The fourth-order valence-corrected chi connectivity index (χ4v) is 8.06. The Labute approximate surface area is 301 Å². The molecule has 10 rings (SSSR count). The molecule has 242 valence electrons. The van der Waals surface area contributed by atoms with Gasteiger partial charge in [0.25, 0.3) is 0 Å². The Hall–Kier alpha value is -7.09. The normalized spacial score (nSPS) is 12.9. The van der Waals surface area contributed by atoms with Crippen LogP contribution in [0.5, 0.6) is 11.5 Å². The standard InChI is InChI=1S/C48H29N3O/c49-30-31-19-21-32(22-20-31)35-23-25-41-45(27-35)52-46-28-36(24-26-42(46)48(41)39-17-9-7-15-37(39)38-16-8-10-18-40(38)48)44-29-43(33-11-3-1-4-12-33)50-47(51-44)34-13-5-2-6-14-34/h1-29H. The van der Waals surface area contributed by atoms with Crippen LogP contribution in [0.25, 0.3) is 56.2 Å². The Balaban J connectivity index is 1.20. The molecule has 7 aromatic carbocycles. The van der Waals surface area contributed by atoms with Gasteiger partial charge < -0.3 is 4.74 Å². The summed E-state index contributed by atoms with van der Waals surface area (Å²) in [6.07, 6.45) is 0. The van der Waals surface area contributed by atoms with Gasteiger partial charge in [0.15, 0.2) is 5.82 Å². The summed E-state index contributed by atoms with van der Waals surface area (Å²) in [5.74, 6) is 2.26. The van der Waals surface area contributed by atoms with Crippen molar-refractivity contribution in [3.05, 3.63) is 204 Å². The van der Waals surface area contributed by atoms with E-state index in [-0.39, 0.29) is 0 Å². The molecule has 1 spiro atoms. The van der Waals surface area contributed by atoms with E-state index in [0.29, 0.717) is 11.4 Å². The molecule has 0 fully saturated rings. The van der Waals surface area contributed by atoms with E-state index in [0.717, 1.165) is 61.8 Å². The van der Waals surface area contributed by atoms with Gasteiger partial charge in [-0.1, -0.05) is 146 Å². The number of hydrogen-bond donors (Lipinski definition) is 0. The molecule has 4 nitrogen and oxygen atoms in total. The van der Waals surface area contributed by atoms with E-state index < -0.39 is 5.41 Å². The van der Waals surface area contributed by atoms with Gasteiger partial charge in [-0.05, 0) is 63.7 Å². The predicted octanol–water partition coefficient (Wildman–Crippen LogP) is 11.5. The maximum Gasteiger partial charge on any atom is 0.160 e. The monoisotopic (exact) mass is 663 g/mol. The van der Waals surface area contributed by atoms with E-state index in [1.165, 1.54) is 22.3 Å². The SMILES string of the molecule is N#Cc1ccc(-c2ccc3c(c2)Oc2cc(-c4cc(-c5ccccc5)nc(-c5ccccc5)n4)ccc2C32c3ccccc3-c3ccccc32)cc1. The molecule has 0 amide bonds. The highest BCUT2D eigenvalue weighted by molar-refractivity contribution is 5.89. The van der Waals surface area contributed by atoms with Crippen LogP contribution in [0.3, 0.4) is 0 Å². The van der Waals surface area contributed by atoms with Gasteiger partial charge in [-0.2, -0.15) is 5.26 Å². The van der Waals surface area contributed by atoms with Gasteiger partial charge in [-0.3, -0.25) is 0 Å². The zero-order valence-corrected chi connectivity index (χ0v) is 28.0. The Morgan fingerprint density at radius 2 is 0.923 bits per heavy atom. The summed E-state index contributed by atoms with van der Waals surface area (Å²) in [5, 5.41) is 9.40. The van der Waals surface area contributed by atoms with Crippen LogP contribution in [0, 0.1) is 11.3 Å². The second-order valence-electron chi connectivity index (χ2n) is 13.2. The minimum Gasteiger partial charge on any atom is -0.457 e. The minimum absolute atomic E-state index is 0.589. The smallest absolute Gasteiger partial charge is 0.160 e. The Bertz CT molecular complexity index is 2610. The van der Waals surface area contributed by atoms with Crippen molar-refractivity contribution >= 4 is 0 Å². The summed E-state index contributed by atoms with van der Waals surface area (Å²) in [6, 6.07) is 63.0. The number of aromatic nitrogens is 2. The first kappa shape index (κ1) is 29.8. The van der Waals surface area contributed by atoms with Crippen molar-refractivity contribution in [1.29, 1.82) is 5.26 Å². The molecule has 0 saturated carbocycles. The first-order valence-electron chi connectivity index (χ1n) is 17.4. The van der Waals surface area contributed by atoms with Crippen LogP contribution in [0.1, 0.15) is 27.8 Å². The second kappa shape index (κ2) is 11.8. The van der Waals surface area contributed by atoms with Crippen LogP contribution >= 0.6 is 0 Å². The molecule has 2 heterocycles. The van der Waals surface area contributed by atoms with Gasteiger partial charge in [-0.25, -0.2) is 9.97 Å². The van der Waals surface area contributed by atoms with Gasteiger partial charge >= 0.3 is 0 Å². The maximum absolute atomic E-state index is 9.40. The number of fused-ring (bicyclic) bond motifs is 9. The van der Waals surface area contributed by atoms with Gasteiger partial charge in [0.05, 0.1) is 28.4 Å². The molecule has 0 N–H and O–H groups in total. The molecule has 1 aliphatic carbocycles. The summed E-state index contributed by atoms with van der Waals surface area (Å²) in [6.45, 7) is 0. The van der Waals surface area contributed by atoms with Crippen molar-refractivity contribution in [3.63, 3.8) is 0 Å². The third kappa shape index (κ3) is 4.54. The summed E-state index contributed by atoms with van der Waals surface area (Å²) >= 11 is 0. The van der Waals surface area contributed by atoms with Crippen molar-refractivity contribution in [3.8, 4) is 73.7 Å². The fourth-order valence-electron chi connectivity index (χ4n) is 8.06. The number of ether oxygens (including phenoxy) is 1. The maximum atomic E-state index is 9.40. The quantitative estimate of drug-likeness (QED) is 0.188. The summed E-state index contributed by atoms with van der Waals surface area (Å²) in [5.41, 5.74) is 13.8. The second-order valence-corrected chi connectivity index (χ2v) is 13.2. The lowest BCUT2D eigenvalue weighted by Gasteiger charge is -2.39. The lowest BCUT2D eigenvalue weighted by atomic mass is 9.66. The van der Waals surface area contributed by atoms with Crippen LogP contribution in [0.2, 0.25) is 0 Å². The Kier molecular flexibility index (Phi) is 6.74. The lowest BCUT2D eigenvalue weighted by Crippen LogP contribution is -2.32. The Morgan fingerprint density at radius 1 is 0.423 bits per heavy atom. The van der Waals surface area contributed by atoms with Crippen molar-refractivity contribution in [1.82, 2.24) is 9.97 Å². The topological polar surface area (TPSA) is 58.8 Å². The van der Waals surface area contributed by atoms with E-state index >= 15 is 0 Å². The summed E-state index contributed by atoms with van der Waals surface area (Å²) < 4.78 is 7.00. The molecule has 0 saturated heterocycles. The van der Waals surface area contributed by atoms with Crippen LogP contribution in [0.4, 0.5) is 0 Å². The summed E-state index contributed by atoms with van der Waals surface area (Å²) in [7, 11) is 0. The first-order valence-corrected chi connectivity index (χ1v) is 17.4. The zero-order valence-electron chi connectivity index (χ0n) is 28.0. The fraction of sp³-hybridized carbons (Fsp3) is 0.0208. The highest BCUT2D eigenvalue weighted by Crippen LogP contribution is 2.62. The molecular formula is C48H29N3O. The number of nitriles is 1. The number of hydrogen-bond acceptors (Lipinski definition) is 4. The third-order valence-electron chi connectivity index (χ3n) is 10.4. The highest BCUT2D eigenvalue weighted by atomic mass is 16.5. The number of nitrogens with zero attached hydrogens (tertiary/aromatic N) is 3.